The van der Waals surface area contributed by atoms with Crippen LogP contribution in [-0.2, 0) is 33.7 Å². The zero-order valence-corrected chi connectivity index (χ0v) is 31.5. The lowest BCUT2D eigenvalue weighted by atomic mass is 10.0. The molecular formula is C36H30ClF6N9O4S. The molecule has 4 aromatic heterocycles. The fourth-order valence-electron chi connectivity index (χ4n) is 7.65. The molecule has 2 N–H and O–H groups in total. The molecule has 3 atom stereocenters. The van der Waals surface area contributed by atoms with Crippen LogP contribution in [0, 0.1) is 17.6 Å². The lowest BCUT2D eigenvalue weighted by molar-refractivity contribution is -0.123. The molecule has 6 aromatic rings. The number of aromatic nitrogens is 7. The molecule has 0 bridgehead atoms. The summed E-state index contributed by atoms with van der Waals surface area (Å²) in [6.45, 7) is 2.49. The molecule has 2 aromatic carbocycles. The second-order valence-electron chi connectivity index (χ2n) is 14.3. The number of nitrogens with zero attached hydrogens (tertiary/aromatic N) is 7. The standard InChI is InChI=1S/C36H30ClF6N9O4S/c1-15(2)52-29-24(7-6-22(37)27(29)33(48-52)49-57(3,55)56)51-34(46-32-19(35(51)54)5-4-8-44-32)23(11-16-9-17(38)12-18(39)10-16)45-25(53)14-50-30-26(28(47-50)31(40)41)20-13-21(20)36(30,42)43/h4-10,12,15,20-21,23,31H,11,13-14H2,1-3H3,(H,45,53)(H,48,49)/t20-,21+,23?/m0/s1. The van der Waals surface area contributed by atoms with E-state index in [4.69, 9.17) is 11.6 Å². The van der Waals surface area contributed by atoms with Crippen LogP contribution in [0.25, 0.3) is 27.6 Å². The van der Waals surface area contributed by atoms with E-state index in [1.165, 1.54) is 35.1 Å². The Kier molecular flexibility index (Phi) is 9.13. The molecule has 1 unspecified atom stereocenters. The molecule has 1 amide bonds. The van der Waals surface area contributed by atoms with Crippen LogP contribution in [0.3, 0.4) is 0 Å². The molecule has 2 aliphatic rings. The first-order valence-electron chi connectivity index (χ1n) is 17.4. The van der Waals surface area contributed by atoms with Gasteiger partial charge >= 0.3 is 0 Å². The van der Waals surface area contributed by atoms with Gasteiger partial charge in [0.15, 0.2) is 11.5 Å². The summed E-state index contributed by atoms with van der Waals surface area (Å²) in [5, 5.41) is 10.9. The molecule has 4 heterocycles. The van der Waals surface area contributed by atoms with Gasteiger partial charge in [0.1, 0.15) is 35.4 Å². The minimum Gasteiger partial charge on any atom is -0.344 e. The van der Waals surface area contributed by atoms with Crippen LogP contribution in [0.1, 0.15) is 73.0 Å². The van der Waals surface area contributed by atoms with E-state index in [9.17, 15) is 35.6 Å². The van der Waals surface area contributed by atoms with E-state index in [0.29, 0.717) is 10.7 Å². The maximum Gasteiger partial charge on any atom is 0.293 e. The number of sulfonamides is 1. The fraction of sp³-hybridized carbons (Fsp3) is 0.333. The van der Waals surface area contributed by atoms with Crippen LogP contribution in [0.2, 0.25) is 5.02 Å². The van der Waals surface area contributed by atoms with E-state index >= 15 is 8.78 Å². The van der Waals surface area contributed by atoms with Gasteiger partial charge in [0.25, 0.3) is 17.9 Å². The number of carbonyl (C=O) groups excluding carboxylic acids is 1. The lowest BCUT2D eigenvalue weighted by Gasteiger charge is -2.24. The number of alkyl halides is 4. The Morgan fingerprint density at radius 3 is 2.47 bits per heavy atom. The van der Waals surface area contributed by atoms with Crippen LogP contribution in [0.5, 0.6) is 0 Å². The molecule has 2 aliphatic carbocycles. The Morgan fingerprint density at radius 1 is 1.09 bits per heavy atom. The number of pyridine rings is 1. The SMILES string of the molecule is CC(C)n1nc(NS(C)(=O)=O)c2c(Cl)ccc(-n3c(C(Cc4cc(F)cc(F)c4)NC(=O)Cn4nc(C(F)F)c5c4C(F)(F)[C@@H]4C[C@H]54)nc4ncccc4c3=O)c21. The quantitative estimate of drug-likeness (QED) is 0.141. The number of nitrogens with one attached hydrogen (secondary N) is 2. The zero-order valence-electron chi connectivity index (χ0n) is 29.9. The van der Waals surface area contributed by atoms with Gasteiger partial charge in [0.05, 0.1) is 39.3 Å². The van der Waals surface area contributed by atoms with Gasteiger partial charge in [0, 0.05) is 36.2 Å². The molecule has 8 rings (SSSR count). The largest absolute Gasteiger partial charge is 0.344 e. The molecule has 13 nitrogen and oxygen atoms in total. The normalized spacial score (nSPS) is 17.7. The van der Waals surface area contributed by atoms with E-state index in [2.05, 4.69) is 30.2 Å². The zero-order chi connectivity index (χ0) is 40.9. The van der Waals surface area contributed by atoms with Crippen molar-refractivity contribution in [3.8, 4) is 5.69 Å². The lowest BCUT2D eigenvalue weighted by Crippen LogP contribution is -2.38. The summed E-state index contributed by atoms with van der Waals surface area (Å²) in [6.07, 6.45) is -1.39. The van der Waals surface area contributed by atoms with E-state index < -0.39 is 93.7 Å². The minimum atomic E-state index is -3.91. The van der Waals surface area contributed by atoms with Crippen molar-refractivity contribution in [3.05, 3.63) is 104 Å². The van der Waals surface area contributed by atoms with Crippen molar-refractivity contribution in [2.24, 2.45) is 5.92 Å². The predicted octanol–water partition coefficient (Wildman–Crippen LogP) is 6.46. The van der Waals surface area contributed by atoms with Crippen molar-refractivity contribution >= 4 is 55.3 Å². The third-order valence-corrected chi connectivity index (χ3v) is 10.8. The summed E-state index contributed by atoms with van der Waals surface area (Å²) in [4.78, 5) is 37.5. The Bertz CT molecular complexity index is 2810. The summed E-state index contributed by atoms with van der Waals surface area (Å²) in [6, 6.07) is 6.31. The number of amides is 1. The summed E-state index contributed by atoms with van der Waals surface area (Å²) in [5.74, 6) is -8.98. The molecule has 0 saturated heterocycles. The Labute approximate surface area is 323 Å². The topological polar surface area (TPSA) is 159 Å². The maximum atomic E-state index is 15.4. The van der Waals surface area contributed by atoms with Gasteiger partial charge in [-0.3, -0.25) is 28.2 Å². The van der Waals surface area contributed by atoms with Gasteiger partial charge in [-0.05, 0) is 68.1 Å². The Hall–Kier alpha value is -5.50. The first-order valence-corrected chi connectivity index (χ1v) is 19.7. The Morgan fingerprint density at radius 2 is 1.81 bits per heavy atom. The highest BCUT2D eigenvalue weighted by atomic mass is 35.5. The van der Waals surface area contributed by atoms with Gasteiger partial charge in [-0.2, -0.15) is 19.0 Å². The molecule has 298 valence electrons. The second kappa shape index (κ2) is 13.6. The molecule has 21 heteroatoms. The van der Waals surface area contributed by atoms with Crippen LogP contribution in [-0.4, -0.2) is 54.7 Å². The van der Waals surface area contributed by atoms with Crippen molar-refractivity contribution in [1.29, 1.82) is 0 Å². The molecule has 0 aliphatic heterocycles. The molecule has 0 radical (unpaired) electrons. The Balaban J connectivity index is 1.33. The average molecular weight is 834 g/mol. The number of anilines is 1. The van der Waals surface area contributed by atoms with Crippen molar-refractivity contribution in [3.63, 3.8) is 0 Å². The molecule has 1 saturated carbocycles. The predicted molar refractivity (Wildman–Crippen MR) is 195 cm³/mol. The number of benzene rings is 2. The van der Waals surface area contributed by atoms with Crippen LogP contribution < -0.4 is 15.6 Å². The molecule has 0 spiro atoms. The summed E-state index contributed by atoms with van der Waals surface area (Å²) < 4.78 is 118. The molecule has 57 heavy (non-hydrogen) atoms. The summed E-state index contributed by atoms with van der Waals surface area (Å²) in [5.41, 5.74) is -2.62. The molecular weight excluding hydrogens is 804 g/mol. The third kappa shape index (κ3) is 6.67. The fourth-order valence-corrected chi connectivity index (χ4v) is 8.39. The number of fused-ring (bicyclic) bond motifs is 5. The first kappa shape index (κ1) is 38.4. The molecule has 1 fully saturated rings. The van der Waals surface area contributed by atoms with Crippen molar-refractivity contribution in [1.82, 2.24) is 39.4 Å². The minimum absolute atomic E-state index is 0.00255. The van der Waals surface area contributed by atoms with Crippen molar-refractivity contribution in [2.45, 2.75) is 63.6 Å². The highest BCUT2D eigenvalue weighted by Gasteiger charge is 2.67. The van der Waals surface area contributed by atoms with Gasteiger partial charge in [-0.15, -0.1) is 0 Å². The van der Waals surface area contributed by atoms with E-state index in [1.54, 1.807) is 13.8 Å². The van der Waals surface area contributed by atoms with Gasteiger partial charge in [-0.25, -0.2) is 35.9 Å². The number of halogens is 7. The summed E-state index contributed by atoms with van der Waals surface area (Å²) >= 11 is 6.64. The van der Waals surface area contributed by atoms with Gasteiger partial charge in [0.2, 0.25) is 15.9 Å². The van der Waals surface area contributed by atoms with Crippen LogP contribution >= 0.6 is 11.6 Å². The highest BCUT2D eigenvalue weighted by molar-refractivity contribution is 7.92. The van der Waals surface area contributed by atoms with E-state index in [1.807, 2.05) is 0 Å². The monoisotopic (exact) mass is 833 g/mol. The third-order valence-electron chi connectivity index (χ3n) is 9.93. The number of rotatable bonds is 11. The van der Waals surface area contributed by atoms with E-state index in [0.717, 1.165) is 23.0 Å². The van der Waals surface area contributed by atoms with Crippen molar-refractivity contribution in [2.75, 3.05) is 11.0 Å². The smallest absolute Gasteiger partial charge is 0.293 e. The van der Waals surface area contributed by atoms with Crippen molar-refractivity contribution < 1.29 is 39.6 Å². The summed E-state index contributed by atoms with van der Waals surface area (Å²) in [7, 11) is -3.91. The maximum absolute atomic E-state index is 15.4. The van der Waals surface area contributed by atoms with Gasteiger partial charge < -0.3 is 5.32 Å². The van der Waals surface area contributed by atoms with E-state index in [-0.39, 0.29) is 61.8 Å². The second-order valence-corrected chi connectivity index (χ2v) is 16.5. The number of hydrogen-bond acceptors (Lipinski definition) is 8. The number of carbonyl (C=O) groups is 1. The number of hydrogen-bond donors (Lipinski definition) is 2. The highest BCUT2D eigenvalue weighted by Crippen LogP contribution is 2.68. The first-order chi connectivity index (χ1) is 26.8. The van der Waals surface area contributed by atoms with Crippen LogP contribution in [0.4, 0.5) is 32.2 Å². The van der Waals surface area contributed by atoms with Crippen LogP contribution in [0.15, 0.2) is 53.5 Å². The average Bonchev–Trinajstić information content (AvgIpc) is 3.61. The van der Waals surface area contributed by atoms with Gasteiger partial charge in [-0.1, -0.05) is 11.6 Å².